The molecule has 0 aliphatic carbocycles. The Labute approximate surface area is 189 Å². The average Bonchev–Trinajstić information content (AvgIpc) is 3.24. The lowest BCUT2D eigenvalue weighted by Gasteiger charge is -2.19. The van der Waals surface area contributed by atoms with Crippen LogP contribution in [0.1, 0.15) is 15.9 Å². The minimum Gasteiger partial charge on any atom is -0.452 e. The molecular formula is C22H18ClN3O5S. The smallest absolute Gasteiger partial charge is 0.338 e. The van der Waals surface area contributed by atoms with Crippen LogP contribution in [0, 0.1) is 0 Å². The summed E-state index contributed by atoms with van der Waals surface area (Å²) in [5, 5.41) is 2.59. The van der Waals surface area contributed by atoms with Gasteiger partial charge in [0.1, 0.15) is 0 Å². The number of rotatable bonds is 6. The van der Waals surface area contributed by atoms with E-state index in [-0.39, 0.29) is 21.3 Å². The van der Waals surface area contributed by atoms with E-state index >= 15 is 0 Å². The van der Waals surface area contributed by atoms with Gasteiger partial charge in [0.05, 0.1) is 21.8 Å². The lowest BCUT2D eigenvalue weighted by Crippen LogP contribution is -2.29. The number of nitrogens with zero attached hydrogens (tertiary/aromatic N) is 2. The fourth-order valence-corrected chi connectivity index (χ4v) is 5.06. The van der Waals surface area contributed by atoms with E-state index in [0.29, 0.717) is 18.7 Å². The third-order valence-corrected chi connectivity index (χ3v) is 6.98. The number of nitrogens with one attached hydrogen (secondary N) is 1. The van der Waals surface area contributed by atoms with Crippen molar-refractivity contribution in [1.82, 2.24) is 4.98 Å². The van der Waals surface area contributed by atoms with Crippen molar-refractivity contribution in [3.8, 4) is 0 Å². The summed E-state index contributed by atoms with van der Waals surface area (Å²) in [4.78, 5) is 28.3. The predicted molar refractivity (Wildman–Crippen MR) is 119 cm³/mol. The molecule has 3 aromatic rings. The monoisotopic (exact) mass is 471 g/mol. The van der Waals surface area contributed by atoms with Crippen LogP contribution < -0.4 is 9.62 Å². The Morgan fingerprint density at radius 1 is 1.09 bits per heavy atom. The predicted octanol–water partition coefficient (Wildman–Crippen LogP) is 3.28. The van der Waals surface area contributed by atoms with E-state index in [4.69, 9.17) is 16.3 Å². The molecule has 0 saturated heterocycles. The maximum absolute atomic E-state index is 13.2. The normalized spacial score (nSPS) is 12.8. The van der Waals surface area contributed by atoms with Crippen molar-refractivity contribution in [1.29, 1.82) is 0 Å². The Hall–Kier alpha value is -3.43. The molecule has 0 atom stereocenters. The number of sulfonamides is 1. The minimum absolute atomic E-state index is 0.0192. The maximum Gasteiger partial charge on any atom is 0.338 e. The summed E-state index contributed by atoms with van der Waals surface area (Å²) in [6, 6.07) is 16.0. The number of halogens is 1. The molecule has 1 aliphatic heterocycles. The van der Waals surface area contributed by atoms with Crippen LogP contribution in [0.25, 0.3) is 0 Å². The summed E-state index contributed by atoms with van der Waals surface area (Å²) in [7, 11) is -3.86. The van der Waals surface area contributed by atoms with Gasteiger partial charge in [-0.05, 0) is 48.4 Å². The van der Waals surface area contributed by atoms with Gasteiger partial charge in [0.2, 0.25) is 0 Å². The zero-order valence-corrected chi connectivity index (χ0v) is 18.3. The van der Waals surface area contributed by atoms with E-state index in [9.17, 15) is 18.0 Å². The molecule has 10 heteroatoms. The zero-order valence-electron chi connectivity index (χ0n) is 16.7. The first kappa shape index (κ1) is 21.8. The third kappa shape index (κ3) is 4.44. The van der Waals surface area contributed by atoms with Crippen LogP contribution in [-0.2, 0) is 26.0 Å². The molecule has 0 fully saturated rings. The number of hydrogen-bond donors (Lipinski definition) is 1. The van der Waals surface area contributed by atoms with Crippen molar-refractivity contribution < 1.29 is 22.7 Å². The summed E-state index contributed by atoms with van der Waals surface area (Å²) in [5.74, 6) is -1.43. The van der Waals surface area contributed by atoms with Crippen molar-refractivity contribution in [3.63, 3.8) is 0 Å². The number of esters is 1. The second kappa shape index (κ2) is 8.97. The van der Waals surface area contributed by atoms with Crippen LogP contribution in [0.2, 0.25) is 5.15 Å². The molecule has 0 saturated carbocycles. The van der Waals surface area contributed by atoms with E-state index in [1.165, 1.54) is 34.8 Å². The molecule has 0 spiro atoms. The lowest BCUT2D eigenvalue weighted by molar-refractivity contribution is -0.119. The fourth-order valence-electron chi connectivity index (χ4n) is 3.35. The SMILES string of the molecule is O=C(COC(=O)c1cccc(S(=O)(=O)N2CCc3ccccc32)c1)Nc1cccnc1Cl. The zero-order chi connectivity index (χ0) is 22.7. The number of ether oxygens (including phenoxy) is 1. The fraction of sp³-hybridized carbons (Fsp3) is 0.136. The topological polar surface area (TPSA) is 106 Å². The number of aromatic nitrogens is 1. The molecule has 8 nitrogen and oxygen atoms in total. The molecule has 1 aromatic heterocycles. The summed E-state index contributed by atoms with van der Waals surface area (Å²) >= 11 is 5.88. The minimum atomic E-state index is -3.86. The van der Waals surface area contributed by atoms with Gasteiger partial charge in [0, 0.05) is 12.7 Å². The Kier molecular flexibility index (Phi) is 6.11. The summed E-state index contributed by atoms with van der Waals surface area (Å²) in [6.45, 7) is -0.242. The molecule has 32 heavy (non-hydrogen) atoms. The molecule has 164 valence electrons. The molecule has 1 amide bonds. The van der Waals surface area contributed by atoms with Gasteiger partial charge in [-0.3, -0.25) is 9.10 Å². The summed E-state index contributed by atoms with van der Waals surface area (Å²) in [5.41, 5.74) is 1.89. The average molecular weight is 472 g/mol. The van der Waals surface area contributed by atoms with Crippen LogP contribution in [0.3, 0.4) is 0 Å². The molecule has 0 radical (unpaired) electrons. The quantitative estimate of drug-likeness (QED) is 0.437. The highest BCUT2D eigenvalue weighted by atomic mass is 35.5. The first-order valence-electron chi connectivity index (χ1n) is 9.64. The van der Waals surface area contributed by atoms with E-state index in [1.807, 2.05) is 12.1 Å². The number of amides is 1. The Bertz CT molecular complexity index is 1300. The molecule has 0 bridgehead atoms. The number of hydrogen-bond acceptors (Lipinski definition) is 6. The van der Waals surface area contributed by atoms with Gasteiger partial charge in [0.15, 0.2) is 11.8 Å². The highest BCUT2D eigenvalue weighted by Crippen LogP contribution is 2.32. The van der Waals surface area contributed by atoms with Crippen molar-refractivity contribution >= 4 is 44.9 Å². The second-order valence-electron chi connectivity index (χ2n) is 6.95. The molecule has 2 heterocycles. The van der Waals surface area contributed by atoms with Crippen molar-refractivity contribution in [2.24, 2.45) is 0 Å². The third-order valence-electron chi connectivity index (χ3n) is 4.87. The van der Waals surface area contributed by atoms with E-state index in [2.05, 4.69) is 10.3 Å². The Morgan fingerprint density at radius 2 is 1.91 bits per heavy atom. The van der Waals surface area contributed by atoms with E-state index in [1.54, 1.807) is 24.3 Å². The largest absolute Gasteiger partial charge is 0.452 e. The first-order chi connectivity index (χ1) is 15.4. The Balaban J connectivity index is 1.45. The number of benzene rings is 2. The van der Waals surface area contributed by atoms with Crippen LogP contribution in [-0.4, -0.2) is 38.4 Å². The molecule has 2 aromatic carbocycles. The van der Waals surface area contributed by atoms with Gasteiger partial charge in [-0.1, -0.05) is 35.9 Å². The molecule has 0 unspecified atom stereocenters. The lowest BCUT2D eigenvalue weighted by atomic mass is 10.2. The highest BCUT2D eigenvalue weighted by molar-refractivity contribution is 7.92. The van der Waals surface area contributed by atoms with Crippen LogP contribution >= 0.6 is 11.6 Å². The van der Waals surface area contributed by atoms with Gasteiger partial charge in [-0.15, -0.1) is 0 Å². The molecule has 4 rings (SSSR count). The van der Waals surface area contributed by atoms with Gasteiger partial charge >= 0.3 is 5.97 Å². The van der Waals surface area contributed by atoms with Gasteiger partial charge < -0.3 is 10.1 Å². The maximum atomic E-state index is 13.2. The van der Waals surface area contributed by atoms with Gasteiger partial charge in [-0.2, -0.15) is 0 Å². The number of carbonyl (C=O) groups is 2. The molecule has 1 aliphatic rings. The number of para-hydroxylation sites is 1. The number of carbonyl (C=O) groups excluding carboxylic acids is 2. The molecular weight excluding hydrogens is 454 g/mol. The van der Waals surface area contributed by atoms with Crippen molar-refractivity contribution in [2.75, 3.05) is 22.8 Å². The highest BCUT2D eigenvalue weighted by Gasteiger charge is 2.31. The van der Waals surface area contributed by atoms with Gasteiger partial charge in [-0.25, -0.2) is 18.2 Å². The summed E-state index contributed by atoms with van der Waals surface area (Å²) < 4.78 is 32.7. The first-order valence-corrected chi connectivity index (χ1v) is 11.5. The van der Waals surface area contributed by atoms with Gasteiger partial charge in [0.25, 0.3) is 15.9 Å². The number of anilines is 2. The number of pyridine rings is 1. The second-order valence-corrected chi connectivity index (χ2v) is 9.17. The van der Waals surface area contributed by atoms with Crippen LogP contribution in [0.5, 0.6) is 0 Å². The standard InChI is InChI=1S/C22H18ClN3O5S/c23-21-18(8-4-11-24-21)25-20(27)14-31-22(28)16-6-3-7-17(13-16)32(29,30)26-12-10-15-5-1-2-9-19(15)26/h1-9,11,13H,10,12,14H2,(H,25,27). The number of fused-ring (bicyclic) bond motifs is 1. The van der Waals surface area contributed by atoms with Crippen molar-refractivity contribution in [2.45, 2.75) is 11.3 Å². The van der Waals surface area contributed by atoms with Crippen LogP contribution in [0.4, 0.5) is 11.4 Å². The molecule has 1 N–H and O–H groups in total. The van der Waals surface area contributed by atoms with Crippen LogP contribution in [0.15, 0.2) is 71.8 Å². The van der Waals surface area contributed by atoms with E-state index < -0.39 is 28.5 Å². The van der Waals surface area contributed by atoms with Crippen molar-refractivity contribution in [3.05, 3.63) is 83.1 Å². The van der Waals surface area contributed by atoms with E-state index in [0.717, 1.165) is 5.56 Å². The Morgan fingerprint density at radius 3 is 2.72 bits per heavy atom. The summed E-state index contributed by atoms with van der Waals surface area (Å²) in [6.07, 6.45) is 2.09.